The summed E-state index contributed by atoms with van der Waals surface area (Å²) < 4.78 is 14.1. The second kappa shape index (κ2) is 9.54. The first-order valence-corrected chi connectivity index (χ1v) is 11.5. The number of carbonyl (C=O) groups excluding carboxylic acids is 1. The van der Waals surface area contributed by atoms with Gasteiger partial charge in [-0.3, -0.25) is 9.69 Å². The van der Waals surface area contributed by atoms with E-state index in [-0.39, 0.29) is 17.8 Å². The highest BCUT2D eigenvalue weighted by molar-refractivity contribution is 7.16. The van der Waals surface area contributed by atoms with Gasteiger partial charge in [-0.2, -0.15) is 0 Å². The van der Waals surface area contributed by atoms with Crippen LogP contribution in [0.3, 0.4) is 0 Å². The normalized spacial score (nSPS) is 15.7. The summed E-state index contributed by atoms with van der Waals surface area (Å²) >= 11 is 1.62. The summed E-state index contributed by atoms with van der Waals surface area (Å²) in [6.45, 7) is 4.08. The molecule has 156 valence electrons. The van der Waals surface area contributed by atoms with Crippen LogP contribution >= 0.6 is 11.3 Å². The molecule has 1 N–H and O–H groups in total. The molecule has 1 atom stereocenters. The molecular weight excluding hydrogens is 395 g/mol. The number of nitrogens with zero attached hydrogens (tertiary/aromatic N) is 1. The number of thiophene rings is 1. The van der Waals surface area contributed by atoms with Gasteiger partial charge in [0.25, 0.3) is 5.91 Å². The largest absolute Gasteiger partial charge is 0.313 e. The number of carbonyl (C=O) groups is 1. The first-order chi connectivity index (χ1) is 14.7. The van der Waals surface area contributed by atoms with Gasteiger partial charge in [0, 0.05) is 16.0 Å². The lowest BCUT2D eigenvalue weighted by atomic mass is 9.95. The molecule has 4 rings (SSSR count). The average molecular weight is 423 g/mol. The molecule has 2 heterocycles. The number of hydrogen-bond donors (Lipinski definition) is 1. The van der Waals surface area contributed by atoms with Gasteiger partial charge in [0.15, 0.2) is 0 Å². The van der Waals surface area contributed by atoms with Crippen molar-refractivity contribution in [3.8, 4) is 0 Å². The quantitative estimate of drug-likeness (QED) is 0.507. The maximum Gasteiger partial charge on any atom is 0.256 e. The van der Waals surface area contributed by atoms with Gasteiger partial charge in [-0.1, -0.05) is 43.7 Å². The van der Waals surface area contributed by atoms with Crippen LogP contribution in [0.2, 0.25) is 0 Å². The van der Waals surface area contributed by atoms with Gasteiger partial charge in [-0.25, -0.2) is 4.39 Å². The third-order valence-electron chi connectivity index (χ3n) is 5.64. The van der Waals surface area contributed by atoms with Gasteiger partial charge in [0.05, 0.1) is 6.04 Å². The number of aryl methyl sites for hydroxylation is 1. The average Bonchev–Trinajstić information content (AvgIpc) is 3.18. The third-order valence-corrected chi connectivity index (χ3v) is 6.85. The number of benzene rings is 2. The number of nitrogens with one attached hydrogen (secondary N) is 1. The van der Waals surface area contributed by atoms with Gasteiger partial charge in [-0.05, 0) is 68.2 Å². The van der Waals surface area contributed by atoms with E-state index >= 15 is 0 Å². The van der Waals surface area contributed by atoms with Crippen molar-refractivity contribution in [2.75, 3.05) is 18.4 Å². The van der Waals surface area contributed by atoms with E-state index < -0.39 is 0 Å². The van der Waals surface area contributed by atoms with E-state index in [1.54, 1.807) is 23.5 Å². The fourth-order valence-electron chi connectivity index (χ4n) is 4.14. The molecule has 1 aliphatic rings. The zero-order chi connectivity index (χ0) is 20.9. The Kier molecular flexibility index (Phi) is 6.60. The van der Waals surface area contributed by atoms with Crippen molar-refractivity contribution < 1.29 is 9.18 Å². The molecule has 0 radical (unpaired) electrons. The molecule has 1 amide bonds. The van der Waals surface area contributed by atoms with Crippen molar-refractivity contribution in [1.29, 1.82) is 0 Å². The first-order valence-electron chi connectivity index (χ1n) is 10.6. The molecule has 3 aromatic rings. The van der Waals surface area contributed by atoms with Crippen LogP contribution in [0.15, 0.2) is 60.7 Å². The standard InChI is InChI=1S/C25H27FN2OS/c1-2-21-17-22(25(30-21)27-24(29)18-10-5-3-6-11-18)23(28-14-7-4-8-15-28)19-12-9-13-20(26)16-19/h3,5-6,9-13,16-17,23H,2,4,7-8,14-15H2,1H3,(H,27,29). The molecule has 1 aliphatic heterocycles. The fourth-order valence-corrected chi connectivity index (χ4v) is 5.16. The Bertz CT molecular complexity index is 995. The molecule has 2 aromatic carbocycles. The molecule has 1 unspecified atom stereocenters. The number of rotatable bonds is 6. The highest BCUT2D eigenvalue weighted by atomic mass is 32.1. The van der Waals surface area contributed by atoms with Crippen molar-refractivity contribution in [3.05, 3.63) is 88.0 Å². The summed E-state index contributed by atoms with van der Waals surface area (Å²) in [6.07, 6.45) is 4.41. The Hall–Kier alpha value is -2.50. The molecular formula is C25H27FN2OS. The van der Waals surface area contributed by atoms with Crippen LogP contribution in [0.5, 0.6) is 0 Å². The lowest BCUT2D eigenvalue weighted by Crippen LogP contribution is -2.34. The summed E-state index contributed by atoms with van der Waals surface area (Å²) in [5.74, 6) is -0.340. The molecule has 5 heteroatoms. The predicted molar refractivity (Wildman–Crippen MR) is 122 cm³/mol. The first kappa shape index (κ1) is 20.8. The van der Waals surface area contributed by atoms with Crippen molar-refractivity contribution in [3.63, 3.8) is 0 Å². The van der Waals surface area contributed by atoms with Gasteiger partial charge in [0.2, 0.25) is 0 Å². The summed E-state index contributed by atoms with van der Waals surface area (Å²) in [5.41, 5.74) is 2.64. The summed E-state index contributed by atoms with van der Waals surface area (Å²) in [4.78, 5) is 16.5. The monoisotopic (exact) mass is 422 g/mol. The molecule has 1 aromatic heterocycles. The van der Waals surface area contributed by atoms with Crippen LogP contribution in [0, 0.1) is 5.82 Å². The number of anilines is 1. The highest BCUT2D eigenvalue weighted by Crippen LogP contribution is 2.40. The highest BCUT2D eigenvalue weighted by Gasteiger charge is 2.28. The van der Waals surface area contributed by atoms with Crippen molar-refractivity contribution in [2.24, 2.45) is 0 Å². The van der Waals surface area contributed by atoms with E-state index in [2.05, 4.69) is 23.2 Å². The van der Waals surface area contributed by atoms with E-state index in [1.807, 2.05) is 36.4 Å². The van der Waals surface area contributed by atoms with Crippen LogP contribution in [-0.2, 0) is 6.42 Å². The number of hydrogen-bond acceptors (Lipinski definition) is 3. The van der Waals surface area contributed by atoms with E-state index in [0.29, 0.717) is 5.56 Å². The zero-order valence-electron chi connectivity index (χ0n) is 17.2. The number of piperidine rings is 1. The van der Waals surface area contributed by atoms with Gasteiger partial charge in [0.1, 0.15) is 10.8 Å². The van der Waals surface area contributed by atoms with Crippen LogP contribution in [0.1, 0.15) is 58.6 Å². The number of likely N-dealkylation sites (tertiary alicyclic amines) is 1. The molecule has 0 spiro atoms. The van der Waals surface area contributed by atoms with Gasteiger partial charge in [-0.15, -0.1) is 11.3 Å². The van der Waals surface area contributed by atoms with Crippen molar-refractivity contribution >= 4 is 22.2 Å². The summed E-state index contributed by atoms with van der Waals surface area (Å²) in [7, 11) is 0. The molecule has 0 bridgehead atoms. The van der Waals surface area contributed by atoms with Crippen molar-refractivity contribution in [1.82, 2.24) is 4.90 Å². The predicted octanol–water partition coefficient (Wildman–Crippen LogP) is 6.28. The maximum atomic E-state index is 14.1. The summed E-state index contributed by atoms with van der Waals surface area (Å²) in [5, 5.41) is 4.01. The maximum absolute atomic E-state index is 14.1. The second-order valence-electron chi connectivity index (χ2n) is 7.73. The molecule has 30 heavy (non-hydrogen) atoms. The van der Waals surface area contributed by atoms with E-state index in [9.17, 15) is 9.18 Å². The molecule has 3 nitrogen and oxygen atoms in total. The number of amides is 1. The Morgan fingerprint density at radius 3 is 2.53 bits per heavy atom. The third kappa shape index (κ3) is 4.63. The SMILES string of the molecule is CCc1cc(C(c2cccc(F)c2)N2CCCCC2)c(NC(=O)c2ccccc2)s1. The molecule has 0 aliphatic carbocycles. The van der Waals surface area contributed by atoms with Crippen LogP contribution in [0.4, 0.5) is 9.39 Å². The Morgan fingerprint density at radius 1 is 1.07 bits per heavy atom. The lowest BCUT2D eigenvalue weighted by Gasteiger charge is -2.35. The van der Waals surface area contributed by atoms with E-state index in [4.69, 9.17) is 0 Å². The topological polar surface area (TPSA) is 32.3 Å². The van der Waals surface area contributed by atoms with Crippen LogP contribution in [0.25, 0.3) is 0 Å². The van der Waals surface area contributed by atoms with Gasteiger partial charge < -0.3 is 5.32 Å². The smallest absolute Gasteiger partial charge is 0.256 e. The van der Waals surface area contributed by atoms with E-state index in [0.717, 1.165) is 48.5 Å². The second-order valence-corrected chi connectivity index (χ2v) is 8.86. The number of halogens is 1. The molecule has 1 fully saturated rings. The minimum Gasteiger partial charge on any atom is -0.313 e. The minimum absolute atomic E-state index is 0.0661. The summed E-state index contributed by atoms with van der Waals surface area (Å²) in [6, 6.07) is 18.3. The zero-order valence-corrected chi connectivity index (χ0v) is 18.1. The van der Waals surface area contributed by atoms with Crippen LogP contribution < -0.4 is 5.32 Å². The van der Waals surface area contributed by atoms with Gasteiger partial charge >= 0.3 is 0 Å². The van der Waals surface area contributed by atoms with Crippen LogP contribution in [-0.4, -0.2) is 23.9 Å². The minimum atomic E-state index is -0.227. The van der Waals surface area contributed by atoms with E-state index in [1.165, 1.54) is 17.4 Å². The fraction of sp³-hybridized carbons (Fsp3) is 0.320. The Labute approximate surface area is 181 Å². The lowest BCUT2D eigenvalue weighted by molar-refractivity contribution is 0.102. The Morgan fingerprint density at radius 2 is 1.83 bits per heavy atom. The Balaban J connectivity index is 1.74. The van der Waals surface area contributed by atoms with Crippen molar-refractivity contribution in [2.45, 2.75) is 38.6 Å². The molecule has 0 saturated carbocycles. The molecule has 1 saturated heterocycles.